The molecule has 0 saturated carbocycles. The zero-order chi connectivity index (χ0) is 11.8. The summed E-state index contributed by atoms with van der Waals surface area (Å²) in [5.41, 5.74) is 2.80. The van der Waals surface area contributed by atoms with Gasteiger partial charge in [0.25, 0.3) is 0 Å². The number of rotatable bonds is 7. The lowest BCUT2D eigenvalue weighted by Gasteiger charge is -2.16. The van der Waals surface area contributed by atoms with Crippen LogP contribution in [-0.2, 0) is 6.42 Å². The van der Waals surface area contributed by atoms with E-state index in [0.29, 0.717) is 0 Å². The maximum Gasteiger partial charge on any atom is 0.0363 e. The summed E-state index contributed by atoms with van der Waals surface area (Å²) < 4.78 is 0. The molecule has 0 spiro atoms. The lowest BCUT2D eigenvalue weighted by atomic mass is 10.1. The summed E-state index contributed by atoms with van der Waals surface area (Å²) in [4.78, 5) is 2.26. The predicted octanol–water partition coefficient (Wildman–Crippen LogP) is 4.27. The van der Waals surface area contributed by atoms with E-state index < -0.39 is 0 Å². The van der Waals surface area contributed by atoms with Crippen LogP contribution in [0.25, 0.3) is 0 Å². The van der Waals surface area contributed by atoms with E-state index in [2.05, 4.69) is 50.1 Å². The van der Waals surface area contributed by atoms with Crippen LogP contribution in [0, 0.1) is 0 Å². The molecular weight excluding hydrogens is 194 g/mol. The Labute approximate surface area is 100 Å². The number of benzene rings is 1. The van der Waals surface area contributed by atoms with Gasteiger partial charge in [-0.25, -0.2) is 0 Å². The molecule has 16 heavy (non-hydrogen) atoms. The van der Waals surface area contributed by atoms with E-state index in [1.165, 1.54) is 43.4 Å². The van der Waals surface area contributed by atoms with Crippen molar-refractivity contribution in [2.24, 2.45) is 0 Å². The number of unbranched alkanes of at least 4 members (excludes halogenated alkanes) is 3. The second kappa shape index (κ2) is 7.32. The Kier molecular flexibility index (Phi) is 5.99. The van der Waals surface area contributed by atoms with E-state index >= 15 is 0 Å². The molecule has 0 aliphatic rings. The topological polar surface area (TPSA) is 3.24 Å². The van der Waals surface area contributed by atoms with Crippen LogP contribution in [0.2, 0.25) is 0 Å². The number of aryl methyl sites for hydroxylation is 1. The third-order valence-corrected chi connectivity index (χ3v) is 3.17. The van der Waals surface area contributed by atoms with Gasteiger partial charge in [-0.1, -0.05) is 38.3 Å². The van der Waals surface area contributed by atoms with E-state index in [1.54, 1.807) is 0 Å². The molecule has 0 bridgehead atoms. The summed E-state index contributed by atoms with van der Waals surface area (Å²) in [7, 11) is 2.14. The minimum atomic E-state index is 1.07. The molecule has 0 atom stereocenters. The molecule has 1 rings (SSSR count). The summed E-state index contributed by atoms with van der Waals surface area (Å²) >= 11 is 0. The van der Waals surface area contributed by atoms with Gasteiger partial charge in [-0.15, -0.1) is 0 Å². The molecule has 0 fully saturated rings. The van der Waals surface area contributed by atoms with Gasteiger partial charge >= 0.3 is 0 Å². The first-order chi connectivity index (χ1) is 7.77. The van der Waals surface area contributed by atoms with E-state index in [-0.39, 0.29) is 0 Å². The fraction of sp³-hybridized carbons (Fsp3) is 0.600. The first-order valence-corrected chi connectivity index (χ1v) is 6.58. The quantitative estimate of drug-likeness (QED) is 0.619. The highest BCUT2D eigenvalue weighted by Gasteiger charge is 1.98. The Hall–Kier alpha value is -0.980. The van der Waals surface area contributed by atoms with E-state index in [1.807, 2.05) is 0 Å². The molecule has 0 N–H and O–H groups in total. The Bertz CT molecular complexity index is 276. The highest BCUT2D eigenvalue weighted by Crippen LogP contribution is 2.15. The molecule has 0 amide bonds. The van der Waals surface area contributed by atoms with Crippen LogP contribution in [0.15, 0.2) is 24.3 Å². The minimum Gasteiger partial charge on any atom is -0.375 e. The Balaban J connectivity index is 2.39. The van der Waals surface area contributed by atoms with Crippen molar-refractivity contribution >= 4 is 5.69 Å². The van der Waals surface area contributed by atoms with Crippen LogP contribution in [0.5, 0.6) is 0 Å². The van der Waals surface area contributed by atoms with Gasteiger partial charge in [0.05, 0.1) is 0 Å². The smallest absolute Gasteiger partial charge is 0.0363 e. The van der Waals surface area contributed by atoms with Crippen LogP contribution in [0.3, 0.4) is 0 Å². The van der Waals surface area contributed by atoms with Crippen molar-refractivity contribution in [2.45, 2.75) is 46.0 Å². The molecular formula is C15H25N. The fourth-order valence-electron chi connectivity index (χ4n) is 1.86. The number of hydrogen-bond donors (Lipinski definition) is 0. The summed E-state index contributed by atoms with van der Waals surface area (Å²) in [5, 5.41) is 0. The second-order valence-electron chi connectivity index (χ2n) is 4.49. The summed E-state index contributed by atoms with van der Waals surface area (Å²) in [6.45, 7) is 5.50. The normalized spacial score (nSPS) is 10.4. The van der Waals surface area contributed by atoms with Gasteiger partial charge < -0.3 is 4.90 Å². The molecule has 0 aromatic heterocycles. The lowest BCUT2D eigenvalue weighted by Crippen LogP contribution is -2.15. The highest BCUT2D eigenvalue weighted by molar-refractivity contribution is 5.46. The summed E-state index contributed by atoms with van der Waals surface area (Å²) in [6.07, 6.45) is 6.62. The monoisotopic (exact) mass is 219 g/mol. The maximum atomic E-state index is 2.27. The molecule has 0 saturated heterocycles. The zero-order valence-corrected chi connectivity index (χ0v) is 11.0. The Morgan fingerprint density at radius 3 is 2.19 bits per heavy atom. The second-order valence-corrected chi connectivity index (χ2v) is 4.49. The molecule has 0 aliphatic carbocycles. The van der Waals surface area contributed by atoms with Crippen molar-refractivity contribution in [3.63, 3.8) is 0 Å². The third-order valence-electron chi connectivity index (χ3n) is 3.17. The Morgan fingerprint density at radius 2 is 1.62 bits per heavy atom. The first kappa shape index (κ1) is 13.1. The van der Waals surface area contributed by atoms with Crippen molar-refractivity contribution in [3.05, 3.63) is 29.8 Å². The maximum absolute atomic E-state index is 2.27. The summed E-state index contributed by atoms with van der Waals surface area (Å²) in [5.74, 6) is 0. The average Bonchev–Trinajstić information content (AvgIpc) is 2.34. The summed E-state index contributed by atoms with van der Waals surface area (Å²) in [6, 6.07) is 9.01. The van der Waals surface area contributed by atoms with Crippen LogP contribution < -0.4 is 4.90 Å². The van der Waals surface area contributed by atoms with Crippen LogP contribution in [-0.4, -0.2) is 13.6 Å². The van der Waals surface area contributed by atoms with Crippen LogP contribution in [0.4, 0.5) is 5.69 Å². The van der Waals surface area contributed by atoms with Gasteiger partial charge in [-0.3, -0.25) is 0 Å². The number of anilines is 1. The molecule has 1 aromatic rings. The van der Waals surface area contributed by atoms with Crippen molar-refractivity contribution < 1.29 is 0 Å². The first-order valence-electron chi connectivity index (χ1n) is 6.58. The lowest BCUT2D eigenvalue weighted by molar-refractivity contribution is 0.667. The van der Waals surface area contributed by atoms with Crippen LogP contribution in [0.1, 0.15) is 45.1 Å². The molecule has 0 heterocycles. The van der Waals surface area contributed by atoms with E-state index in [4.69, 9.17) is 0 Å². The largest absolute Gasteiger partial charge is 0.375 e. The minimum absolute atomic E-state index is 1.07. The predicted molar refractivity (Wildman–Crippen MR) is 73.2 cm³/mol. The molecule has 0 unspecified atom stereocenters. The highest BCUT2D eigenvalue weighted by atomic mass is 15.1. The van der Waals surface area contributed by atoms with Gasteiger partial charge in [0.1, 0.15) is 0 Å². The third kappa shape index (κ3) is 4.26. The van der Waals surface area contributed by atoms with Crippen molar-refractivity contribution in [2.75, 3.05) is 18.5 Å². The van der Waals surface area contributed by atoms with Crippen LogP contribution >= 0.6 is 0 Å². The van der Waals surface area contributed by atoms with Crippen molar-refractivity contribution in [1.82, 2.24) is 0 Å². The standard InChI is InChI=1S/C15H25N/c1-4-6-7-8-9-14-10-12-15(13-11-14)16(3)5-2/h10-13H,4-9H2,1-3H3. The molecule has 1 nitrogen and oxygen atoms in total. The van der Waals surface area contributed by atoms with Crippen molar-refractivity contribution in [1.29, 1.82) is 0 Å². The van der Waals surface area contributed by atoms with Gasteiger partial charge in [0.15, 0.2) is 0 Å². The van der Waals surface area contributed by atoms with Gasteiger partial charge in [0, 0.05) is 19.3 Å². The average molecular weight is 219 g/mol. The Morgan fingerprint density at radius 1 is 0.938 bits per heavy atom. The van der Waals surface area contributed by atoms with E-state index in [0.717, 1.165) is 6.54 Å². The number of nitrogens with zero attached hydrogens (tertiary/aromatic N) is 1. The molecule has 90 valence electrons. The number of hydrogen-bond acceptors (Lipinski definition) is 1. The van der Waals surface area contributed by atoms with Gasteiger partial charge in [-0.05, 0) is 37.5 Å². The SMILES string of the molecule is CCCCCCc1ccc(N(C)CC)cc1. The zero-order valence-electron chi connectivity index (χ0n) is 11.0. The van der Waals surface area contributed by atoms with Gasteiger partial charge in [-0.2, -0.15) is 0 Å². The fourth-order valence-corrected chi connectivity index (χ4v) is 1.86. The molecule has 0 radical (unpaired) electrons. The van der Waals surface area contributed by atoms with Crippen molar-refractivity contribution in [3.8, 4) is 0 Å². The molecule has 0 aliphatic heterocycles. The molecule has 1 aromatic carbocycles. The molecule has 1 heteroatoms. The van der Waals surface area contributed by atoms with E-state index in [9.17, 15) is 0 Å². The van der Waals surface area contributed by atoms with Gasteiger partial charge in [0.2, 0.25) is 0 Å².